The molecule has 0 amide bonds. The molecule has 0 N–H and O–H groups in total. The largest absolute Gasteiger partial charge is 0.493 e. The van der Waals surface area contributed by atoms with E-state index in [-0.39, 0.29) is 35.5 Å². The average Bonchev–Trinajstić information content (AvgIpc) is 3.49. The third-order valence-corrected chi connectivity index (χ3v) is 14.0. The van der Waals surface area contributed by atoms with Crippen molar-refractivity contribution in [3.63, 3.8) is 0 Å². The summed E-state index contributed by atoms with van der Waals surface area (Å²) in [6.45, 7) is 19.5. The fourth-order valence-electron chi connectivity index (χ4n) is 5.83. The van der Waals surface area contributed by atoms with E-state index in [1.165, 1.54) is 18.2 Å². The molecular weight excluding hydrogens is 626 g/mol. The Hall–Kier alpha value is -3.82. The fourth-order valence-corrected chi connectivity index (χ4v) is 6.79. The van der Waals surface area contributed by atoms with Gasteiger partial charge in [0.2, 0.25) is 6.79 Å². The molecule has 0 radical (unpaired) electrons. The monoisotopic (exact) mass is 675 g/mol. The molecule has 3 aromatic rings. The van der Waals surface area contributed by atoms with Gasteiger partial charge < -0.3 is 28.3 Å². The Morgan fingerprint density at radius 2 is 1.71 bits per heavy atom. The summed E-state index contributed by atoms with van der Waals surface area (Å²) in [7, 11) is -1.96. The summed E-state index contributed by atoms with van der Waals surface area (Å²) in [5.74, 6) is 1.73. The molecule has 0 saturated carbocycles. The number of benzene rings is 3. The minimum Gasteiger partial charge on any atom is -0.493 e. The second-order valence-electron chi connectivity index (χ2n) is 15.3. The molecule has 0 aromatic heterocycles. The van der Waals surface area contributed by atoms with E-state index in [0.29, 0.717) is 37.0 Å². The van der Waals surface area contributed by atoms with Gasteiger partial charge in [-0.25, -0.2) is 9.18 Å². The first kappa shape index (κ1) is 35.5. The number of carbonyl (C=O) groups excluding carboxylic acids is 1. The summed E-state index contributed by atoms with van der Waals surface area (Å²) in [5.41, 5.74) is 3.51. The Kier molecular flexibility index (Phi) is 10.6. The van der Waals surface area contributed by atoms with Crippen LogP contribution >= 0.6 is 0 Å². The Morgan fingerprint density at radius 3 is 2.42 bits per heavy atom. The molecule has 2 atom stereocenters. The lowest BCUT2D eigenvalue weighted by Gasteiger charge is -2.40. The molecular formula is C39H50FNO6Si. The SMILES string of the molecule is CC(C)(C)OC(=O)/C=C/c1cc(CO[Si](C)(C)C(C)(C)C)ccc1N1CC[C@@H](c2ccc(F)cc2)[C@H](COc2ccc3c(c2)OCO3)C1. The number of esters is 1. The van der Waals surface area contributed by atoms with E-state index in [9.17, 15) is 9.18 Å². The van der Waals surface area contributed by atoms with Gasteiger partial charge in [0.15, 0.2) is 19.8 Å². The van der Waals surface area contributed by atoms with Crippen molar-refractivity contribution in [2.24, 2.45) is 5.92 Å². The molecule has 0 aliphatic carbocycles. The van der Waals surface area contributed by atoms with E-state index < -0.39 is 13.9 Å². The second kappa shape index (κ2) is 14.3. The van der Waals surface area contributed by atoms with Gasteiger partial charge in [0, 0.05) is 36.8 Å². The summed E-state index contributed by atoms with van der Waals surface area (Å²) in [4.78, 5) is 15.1. The highest BCUT2D eigenvalue weighted by Gasteiger charge is 2.37. The van der Waals surface area contributed by atoms with Crippen molar-refractivity contribution in [3.05, 3.63) is 89.2 Å². The molecule has 0 bridgehead atoms. The number of fused-ring (bicyclic) bond motifs is 1. The van der Waals surface area contributed by atoms with E-state index in [0.717, 1.165) is 35.3 Å². The van der Waals surface area contributed by atoms with Crippen LogP contribution in [-0.2, 0) is 20.6 Å². The molecule has 48 heavy (non-hydrogen) atoms. The number of nitrogens with zero attached hydrogens (tertiary/aromatic N) is 1. The first-order valence-electron chi connectivity index (χ1n) is 16.8. The zero-order chi connectivity index (χ0) is 34.7. The maximum atomic E-state index is 13.9. The lowest BCUT2D eigenvalue weighted by Crippen LogP contribution is -2.42. The van der Waals surface area contributed by atoms with Crippen molar-refractivity contribution in [2.75, 3.05) is 31.4 Å². The molecule has 258 valence electrons. The van der Waals surface area contributed by atoms with Crippen LogP contribution in [0.4, 0.5) is 10.1 Å². The summed E-state index contributed by atoms with van der Waals surface area (Å²) in [6, 6.07) is 18.8. The minimum absolute atomic E-state index is 0.0962. The maximum Gasteiger partial charge on any atom is 0.331 e. The first-order chi connectivity index (χ1) is 22.6. The summed E-state index contributed by atoms with van der Waals surface area (Å²) >= 11 is 0. The van der Waals surface area contributed by atoms with Crippen LogP contribution < -0.4 is 19.1 Å². The fraction of sp³-hybridized carbons (Fsp3) is 0.462. The van der Waals surface area contributed by atoms with Crippen LogP contribution in [0.1, 0.15) is 70.6 Å². The van der Waals surface area contributed by atoms with Gasteiger partial charge in [0.1, 0.15) is 17.2 Å². The highest BCUT2D eigenvalue weighted by molar-refractivity contribution is 6.74. The van der Waals surface area contributed by atoms with Crippen LogP contribution in [0, 0.1) is 11.7 Å². The van der Waals surface area contributed by atoms with Gasteiger partial charge in [0.05, 0.1) is 13.2 Å². The number of piperidine rings is 1. The lowest BCUT2D eigenvalue weighted by molar-refractivity contribution is -0.148. The third kappa shape index (κ3) is 8.99. The van der Waals surface area contributed by atoms with E-state index in [1.807, 2.05) is 57.2 Å². The molecule has 1 fully saturated rings. The highest BCUT2D eigenvalue weighted by Crippen LogP contribution is 2.40. The predicted octanol–water partition coefficient (Wildman–Crippen LogP) is 9.12. The highest BCUT2D eigenvalue weighted by atomic mass is 28.4. The molecule has 2 aliphatic rings. The van der Waals surface area contributed by atoms with Crippen molar-refractivity contribution in [3.8, 4) is 17.2 Å². The molecule has 7 nitrogen and oxygen atoms in total. The lowest BCUT2D eigenvalue weighted by atomic mass is 9.80. The third-order valence-electron chi connectivity index (χ3n) is 9.48. The van der Waals surface area contributed by atoms with E-state index >= 15 is 0 Å². The smallest absolute Gasteiger partial charge is 0.331 e. The molecule has 3 aromatic carbocycles. The number of ether oxygens (including phenoxy) is 4. The van der Waals surface area contributed by atoms with Crippen molar-refractivity contribution in [2.45, 2.75) is 84.2 Å². The van der Waals surface area contributed by atoms with E-state index in [1.54, 1.807) is 0 Å². The van der Waals surface area contributed by atoms with Crippen LogP contribution in [0.5, 0.6) is 17.2 Å². The molecule has 2 heterocycles. The van der Waals surface area contributed by atoms with Gasteiger partial charge in [-0.3, -0.25) is 0 Å². The van der Waals surface area contributed by atoms with E-state index in [2.05, 4.69) is 57.0 Å². The second-order valence-corrected chi connectivity index (χ2v) is 20.1. The van der Waals surface area contributed by atoms with Crippen LogP contribution in [0.25, 0.3) is 6.08 Å². The van der Waals surface area contributed by atoms with Crippen molar-refractivity contribution in [1.29, 1.82) is 0 Å². The van der Waals surface area contributed by atoms with Gasteiger partial charge in [0.25, 0.3) is 0 Å². The van der Waals surface area contributed by atoms with Gasteiger partial charge >= 0.3 is 5.97 Å². The van der Waals surface area contributed by atoms with Crippen LogP contribution in [0.3, 0.4) is 0 Å². The Bertz CT molecular complexity index is 1610. The topological polar surface area (TPSA) is 66.5 Å². The quantitative estimate of drug-likeness (QED) is 0.121. The van der Waals surface area contributed by atoms with Crippen LogP contribution in [0.15, 0.2) is 66.7 Å². The number of halogens is 1. The summed E-state index contributed by atoms with van der Waals surface area (Å²) < 4.78 is 43.4. The number of hydrogen-bond acceptors (Lipinski definition) is 7. The van der Waals surface area contributed by atoms with E-state index in [4.69, 9.17) is 23.4 Å². The number of anilines is 1. The number of rotatable bonds is 10. The first-order valence-corrected chi connectivity index (χ1v) is 19.7. The van der Waals surface area contributed by atoms with Gasteiger partial charge in [-0.05, 0) is 110 Å². The number of hydrogen-bond donors (Lipinski definition) is 0. The van der Waals surface area contributed by atoms with Gasteiger partial charge in [-0.1, -0.05) is 39.0 Å². The normalized spacial score (nSPS) is 18.3. The molecule has 5 rings (SSSR count). The predicted molar refractivity (Wildman–Crippen MR) is 191 cm³/mol. The summed E-state index contributed by atoms with van der Waals surface area (Å²) in [6.07, 6.45) is 4.21. The maximum absolute atomic E-state index is 13.9. The molecule has 2 aliphatic heterocycles. The van der Waals surface area contributed by atoms with Crippen molar-refractivity contribution in [1.82, 2.24) is 0 Å². The van der Waals surface area contributed by atoms with Crippen LogP contribution in [0.2, 0.25) is 18.1 Å². The molecule has 1 saturated heterocycles. The zero-order valence-electron chi connectivity index (χ0n) is 29.6. The van der Waals surface area contributed by atoms with Crippen molar-refractivity contribution < 1.29 is 32.6 Å². The number of carbonyl (C=O) groups is 1. The zero-order valence-corrected chi connectivity index (χ0v) is 30.6. The average molecular weight is 676 g/mol. The Morgan fingerprint density at radius 1 is 0.979 bits per heavy atom. The van der Waals surface area contributed by atoms with Gasteiger partial charge in [-0.15, -0.1) is 0 Å². The van der Waals surface area contributed by atoms with Crippen LogP contribution in [-0.4, -0.2) is 46.4 Å². The Balaban J connectivity index is 1.42. The minimum atomic E-state index is -1.96. The molecule has 0 unspecified atom stereocenters. The summed E-state index contributed by atoms with van der Waals surface area (Å²) in [5, 5.41) is 0.0962. The Labute approximate surface area is 286 Å². The molecule has 9 heteroatoms. The van der Waals surface area contributed by atoms with Gasteiger partial charge in [-0.2, -0.15) is 0 Å². The molecule has 0 spiro atoms. The standard InChI is InChI=1S/C39H50FNO6Si/c1-38(2,3)47-37(42)18-12-29-21-27(24-46-48(7,8)39(4,5)6)9-16-34(29)41-20-19-33(28-10-13-31(40)14-11-28)30(23-41)25-43-32-15-17-35-36(22-32)45-26-44-35/h9-18,21-22,30,33H,19-20,23-26H2,1-8H3/b18-12+/t30-,33-/m0/s1. The van der Waals surface area contributed by atoms with Crippen molar-refractivity contribution >= 4 is 26.1 Å².